The summed E-state index contributed by atoms with van der Waals surface area (Å²) in [5.41, 5.74) is 3.82. The average Bonchev–Trinajstić information content (AvgIpc) is 3.20. The van der Waals surface area contributed by atoms with Crippen LogP contribution in [0.4, 0.5) is 5.69 Å². The number of ether oxygens (including phenoxy) is 2. The van der Waals surface area contributed by atoms with Crippen LogP contribution < -0.4 is 14.4 Å². The second-order valence-corrected chi connectivity index (χ2v) is 11.1. The molecule has 1 amide bonds. The number of carbonyl (C=O) groups is 2. The van der Waals surface area contributed by atoms with Gasteiger partial charge in [0.25, 0.3) is 11.7 Å². The minimum atomic E-state index is -0.822. The van der Waals surface area contributed by atoms with Crippen LogP contribution in [0.3, 0.4) is 0 Å². The van der Waals surface area contributed by atoms with E-state index in [4.69, 9.17) is 9.47 Å². The number of Topliss-reactive ketones (excluding diaryl/α,β-unsaturated/α-hetero) is 1. The van der Waals surface area contributed by atoms with Gasteiger partial charge in [0.1, 0.15) is 17.3 Å². The summed E-state index contributed by atoms with van der Waals surface area (Å²) in [5.74, 6) is -0.314. The highest BCUT2D eigenvalue weighted by molar-refractivity contribution is 6.52. The van der Waals surface area contributed by atoms with Gasteiger partial charge in [-0.25, -0.2) is 0 Å². The van der Waals surface area contributed by atoms with E-state index in [-0.39, 0.29) is 16.7 Å². The van der Waals surface area contributed by atoms with E-state index in [9.17, 15) is 14.7 Å². The van der Waals surface area contributed by atoms with E-state index in [0.29, 0.717) is 30.2 Å². The molecule has 2 heterocycles. The van der Waals surface area contributed by atoms with Crippen LogP contribution in [0.15, 0.2) is 72.3 Å². The number of anilines is 1. The number of fused-ring (bicyclic) bond motifs is 1. The first-order chi connectivity index (χ1) is 18.7. The van der Waals surface area contributed by atoms with Gasteiger partial charge in [0.2, 0.25) is 0 Å². The summed E-state index contributed by atoms with van der Waals surface area (Å²) in [4.78, 5) is 28.8. The van der Waals surface area contributed by atoms with Crippen molar-refractivity contribution in [2.24, 2.45) is 0 Å². The monoisotopic (exact) mass is 525 g/mol. The third-order valence-corrected chi connectivity index (χ3v) is 7.31. The number of ketones is 1. The molecule has 5 rings (SSSR count). The standard InChI is InChI=1S/C33H35NO5/c1-5-18-38-27-11-7-6-10-25(27)34-29(21-12-15-24(16-13-21)33(2,3)4)28(31(36)32(34)37)30(35)23-14-17-26-22(20-23)9-8-19-39-26/h6-7,10-17,20,29,35H,5,8-9,18-19H2,1-4H3/b30-28-. The number of aliphatic hydroxyl groups is 1. The molecule has 3 aromatic rings. The Balaban J connectivity index is 1.69. The number of benzene rings is 3. The lowest BCUT2D eigenvalue weighted by molar-refractivity contribution is -0.132. The summed E-state index contributed by atoms with van der Waals surface area (Å²) in [6.07, 6.45) is 2.51. The molecule has 6 heteroatoms. The van der Waals surface area contributed by atoms with Gasteiger partial charge < -0.3 is 14.6 Å². The van der Waals surface area contributed by atoms with Crippen LogP contribution >= 0.6 is 0 Å². The summed E-state index contributed by atoms with van der Waals surface area (Å²) in [6.45, 7) is 9.55. The zero-order valence-electron chi connectivity index (χ0n) is 23.0. The van der Waals surface area contributed by atoms with Crippen LogP contribution in [-0.2, 0) is 21.4 Å². The van der Waals surface area contributed by atoms with E-state index >= 15 is 0 Å². The molecule has 0 aliphatic carbocycles. The summed E-state index contributed by atoms with van der Waals surface area (Å²) in [7, 11) is 0. The Morgan fingerprint density at radius 1 is 1.05 bits per heavy atom. The molecule has 2 aliphatic heterocycles. The molecule has 1 saturated heterocycles. The second-order valence-electron chi connectivity index (χ2n) is 11.1. The van der Waals surface area contributed by atoms with Crippen LogP contribution in [0.1, 0.15) is 68.8 Å². The number of aryl methyl sites for hydroxylation is 1. The molecule has 39 heavy (non-hydrogen) atoms. The van der Waals surface area contributed by atoms with Crippen molar-refractivity contribution in [2.75, 3.05) is 18.1 Å². The Hall–Kier alpha value is -4.06. The number of nitrogens with zero attached hydrogens (tertiary/aromatic N) is 1. The van der Waals surface area contributed by atoms with Crippen molar-refractivity contribution in [1.29, 1.82) is 0 Å². The fourth-order valence-electron chi connectivity index (χ4n) is 5.22. The number of hydrogen-bond acceptors (Lipinski definition) is 5. The highest BCUT2D eigenvalue weighted by Gasteiger charge is 2.48. The molecule has 1 N–H and O–H groups in total. The first kappa shape index (κ1) is 26.5. The molecule has 202 valence electrons. The molecule has 1 unspecified atom stereocenters. The van der Waals surface area contributed by atoms with Crippen molar-refractivity contribution < 1.29 is 24.2 Å². The molecular formula is C33H35NO5. The quantitative estimate of drug-likeness (QED) is 0.220. The van der Waals surface area contributed by atoms with E-state index in [0.717, 1.165) is 41.7 Å². The molecule has 0 saturated carbocycles. The van der Waals surface area contributed by atoms with Crippen molar-refractivity contribution in [1.82, 2.24) is 0 Å². The molecule has 1 fully saturated rings. The van der Waals surface area contributed by atoms with Crippen LogP contribution in [0.25, 0.3) is 5.76 Å². The maximum atomic E-state index is 13.7. The smallest absolute Gasteiger partial charge is 0.300 e. The normalized spacial score (nSPS) is 18.6. The minimum absolute atomic E-state index is 0.0606. The molecule has 2 aliphatic rings. The third kappa shape index (κ3) is 5.03. The summed E-state index contributed by atoms with van der Waals surface area (Å²) in [6, 6.07) is 19.7. The fraction of sp³-hybridized carbons (Fsp3) is 0.333. The van der Waals surface area contributed by atoms with Gasteiger partial charge in [0.05, 0.1) is 30.5 Å². The molecule has 0 spiro atoms. The van der Waals surface area contributed by atoms with Gasteiger partial charge in [-0.1, -0.05) is 64.1 Å². The van der Waals surface area contributed by atoms with Gasteiger partial charge in [0.15, 0.2) is 0 Å². The number of rotatable bonds is 6. The Bertz CT molecular complexity index is 1430. The predicted molar refractivity (Wildman–Crippen MR) is 152 cm³/mol. The summed E-state index contributed by atoms with van der Waals surface area (Å²) < 4.78 is 11.7. The highest BCUT2D eigenvalue weighted by atomic mass is 16.5. The Labute approximate surface area is 229 Å². The number of carbonyl (C=O) groups excluding carboxylic acids is 2. The molecular weight excluding hydrogens is 490 g/mol. The van der Waals surface area contributed by atoms with E-state index < -0.39 is 17.7 Å². The molecule has 0 bridgehead atoms. The topological polar surface area (TPSA) is 76.1 Å². The van der Waals surface area contributed by atoms with Gasteiger partial charge in [-0.3, -0.25) is 14.5 Å². The van der Waals surface area contributed by atoms with E-state index in [2.05, 4.69) is 20.8 Å². The third-order valence-electron chi connectivity index (χ3n) is 7.31. The average molecular weight is 526 g/mol. The number of amides is 1. The van der Waals surface area contributed by atoms with Gasteiger partial charge in [-0.05, 0) is 71.7 Å². The van der Waals surface area contributed by atoms with Crippen molar-refractivity contribution in [3.8, 4) is 11.5 Å². The SMILES string of the molecule is CCCOc1ccccc1N1C(=O)C(=O)/C(=C(\O)c2ccc3c(c2)CCCO3)C1c1ccc(C(C)(C)C)cc1. The van der Waals surface area contributed by atoms with Crippen LogP contribution in [-0.4, -0.2) is 30.0 Å². The maximum Gasteiger partial charge on any atom is 0.300 e. The van der Waals surface area contributed by atoms with E-state index in [1.807, 2.05) is 55.5 Å². The minimum Gasteiger partial charge on any atom is -0.507 e. The van der Waals surface area contributed by atoms with Crippen LogP contribution in [0.5, 0.6) is 11.5 Å². The first-order valence-electron chi connectivity index (χ1n) is 13.6. The Kier molecular flexibility index (Phi) is 7.21. The fourth-order valence-corrected chi connectivity index (χ4v) is 5.22. The maximum absolute atomic E-state index is 13.7. The van der Waals surface area contributed by atoms with Gasteiger partial charge in [-0.2, -0.15) is 0 Å². The largest absolute Gasteiger partial charge is 0.507 e. The van der Waals surface area contributed by atoms with Gasteiger partial charge in [0, 0.05) is 5.56 Å². The number of para-hydroxylation sites is 2. The summed E-state index contributed by atoms with van der Waals surface area (Å²) >= 11 is 0. The first-order valence-corrected chi connectivity index (χ1v) is 13.6. The molecule has 0 aromatic heterocycles. The molecule has 6 nitrogen and oxygen atoms in total. The Morgan fingerprint density at radius 3 is 2.51 bits per heavy atom. The highest BCUT2D eigenvalue weighted by Crippen LogP contribution is 2.45. The van der Waals surface area contributed by atoms with Crippen LogP contribution in [0, 0.1) is 0 Å². The summed E-state index contributed by atoms with van der Waals surface area (Å²) in [5, 5.41) is 11.6. The van der Waals surface area contributed by atoms with Crippen molar-refractivity contribution in [3.05, 3.63) is 94.6 Å². The van der Waals surface area contributed by atoms with Crippen molar-refractivity contribution in [3.63, 3.8) is 0 Å². The second kappa shape index (κ2) is 10.6. The van der Waals surface area contributed by atoms with Gasteiger partial charge >= 0.3 is 0 Å². The van der Waals surface area contributed by atoms with Crippen molar-refractivity contribution >= 4 is 23.1 Å². The number of hydrogen-bond donors (Lipinski definition) is 1. The Morgan fingerprint density at radius 2 is 1.79 bits per heavy atom. The van der Waals surface area contributed by atoms with Crippen molar-refractivity contribution in [2.45, 2.75) is 58.4 Å². The van der Waals surface area contributed by atoms with Crippen LogP contribution in [0.2, 0.25) is 0 Å². The van der Waals surface area contributed by atoms with E-state index in [1.54, 1.807) is 18.2 Å². The van der Waals surface area contributed by atoms with E-state index in [1.165, 1.54) is 4.90 Å². The molecule has 3 aromatic carbocycles. The molecule has 0 radical (unpaired) electrons. The zero-order chi connectivity index (χ0) is 27.7. The molecule has 1 atom stereocenters. The van der Waals surface area contributed by atoms with Gasteiger partial charge in [-0.15, -0.1) is 0 Å². The predicted octanol–water partition coefficient (Wildman–Crippen LogP) is 6.72. The lowest BCUT2D eigenvalue weighted by Crippen LogP contribution is -2.30. The zero-order valence-corrected chi connectivity index (χ0v) is 23.0. The number of aliphatic hydroxyl groups excluding tert-OH is 1. The lowest BCUT2D eigenvalue weighted by Gasteiger charge is -2.28. The lowest BCUT2D eigenvalue weighted by atomic mass is 9.85.